The van der Waals surface area contributed by atoms with E-state index in [2.05, 4.69) is 65.8 Å². The summed E-state index contributed by atoms with van der Waals surface area (Å²) in [6.07, 6.45) is 5.37. The molecule has 0 spiro atoms. The molecule has 0 aromatic heterocycles. The number of nitrogens with zero attached hydrogens (tertiary/aromatic N) is 2. The fourth-order valence-electron chi connectivity index (χ4n) is 3.93. The molecule has 4 unspecified atom stereocenters. The van der Waals surface area contributed by atoms with Crippen molar-refractivity contribution in [3.8, 4) is 0 Å². The first-order valence-corrected chi connectivity index (χ1v) is 9.48. The summed E-state index contributed by atoms with van der Waals surface area (Å²) in [5.41, 5.74) is 2.70. The Morgan fingerprint density at radius 1 is 1.28 bits per heavy atom. The minimum absolute atomic E-state index is 0.306. The van der Waals surface area contributed by atoms with Crippen molar-refractivity contribution in [2.75, 3.05) is 27.7 Å². The number of rotatable bonds is 6. The van der Waals surface area contributed by atoms with E-state index >= 15 is 0 Å². The number of hydrogen-bond donors (Lipinski definition) is 2. The van der Waals surface area contributed by atoms with E-state index in [4.69, 9.17) is 4.74 Å². The Morgan fingerprint density at radius 2 is 2.04 bits per heavy atom. The van der Waals surface area contributed by atoms with E-state index in [1.807, 2.05) is 7.05 Å². The lowest BCUT2D eigenvalue weighted by molar-refractivity contribution is 0.0992. The van der Waals surface area contributed by atoms with Gasteiger partial charge in [0.15, 0.2) is 5.96 Å². The molecule has 0 amide bonds. The Labute approximate surface area is 151 Å². The first-order valence-electron chi connectivity index (χ1n) is 9.48. The van der Waals surface area contributed by atoms with Gasteiger partial charge in [-0.2, -0.15) is 0 Å². The van der Waals surface area contributed by atoms with Crippen molar-refractivity contribution in [3.05, 3.63) is 35.4 Å². The van der Waals surface area contributed by atoms with E-state index in [1.54, 1.807) is 0 Å². The molecule has 2 heterocycles. The van der Waals surface area contributed by atoms with Crippen molar-refractivity contribution in [1.82, 2.24) is 15.5 Å². The molecule has 1 aromatic carbocycles. The van der Waals surface area contributed by atoms with Crippen molar-refractivity contribution in [1.29, 1.82) is 0 Å². The second kappa shape index (κ2) is 8.19. The number of ether oxygens (including phenoxy) is 1. The van der Waals surface area contributed by atoms with Crippen LogP contribution in [0.4, 0.5) is 0 Å². The molecule has 3 rings (SSSR count). The molecule has 5 heteroatoms. The van der Waals surface area contributed by atoms with Crippen LogP contribution in [-0.2, 0) is 11.2 Å². The van der Waals surface area contributed by atoms with Crippen LogP contribution in [0.3, 0.4) is 0 Å². The lowest BCUT2D eigenvalue weighted by Crippen LogP contribution is -2.49. The van der Waals surface area contributed by atoms with Gasteiger partial charge >= 0.3 is 0 Å². The third-order valence-corrected chi connectivity index (χ3v) is 5.51. The van der Waals surface area contributed by atoms with Gasteiger partial charge in [0.1, 0.15) is 0 Å². The molecule has 0 saturated carbocycles. The van der Waals surface area contributed by atoms with Crippen LogP contribution in [0.1, 0.15) is 43.4 Å². The highest BCUT2D eigenvalue weighted by atomic mass is 16.5. The number of hydrogen-bond acceptors (Lipinski definition) is 3. The van der Waals surface area contributed by atoms with Gasteiger partial charge in [0.2, 0.25) is 0 Å². The minimum atomic E-state index is 0.306. The molecule has 4 atom stereocenters. The summed E-state index contributed by atoms with van der Waals surface area (Å²) in [6, 6.07) is 9.64. The smallest absolute Gasteiger partial charge is 0.191 e. The van der Waals surface area contributed by atoms with Gasteiger partial charge < -0.3 is 20.3 Å². The zero-order chi connectivity index (χ0) is 17.8. The Kier molecular flexibility index (Phi) is 5.97. The van der Waals surface area contributed by atoms with E-state index in [9.17, 15) is 0 Å². The number of likely N-dealkylation sites (N-methyl/N-ethyl adjacent to an activating group) is 1. The van der Waals surface area contributed by atoms with Crippen LogP contribution >= 0.6 is 0 Å². The molecule has 2 fully saturated rings. The maximum Gasteiger partial charge on any atom is 0.191 e. The van der Waals surface area contributed by atoms with Gasteiger partial charge in [-0.1, -0.05) is 31.2 Å². The molecule has 2 aliphatic rings. The Bertz CT molecular complexity index is 584. The Balaban J connectivity index is 1.57. The molecule has 2 N–H and O–H groups in total. The number of benzene rings is 1. The Morgan fingerprint density at radius 3 is 2.56 bits per heavy atom. The van der Waals surface area contributed by atoms with E-state index < -0.39 is 0 Å². The van der Waals surface area contributed by atoms with Crippen molar-refractivity contribution in [2.45, 2.75) is 56.9 Å². The van der Waals surface area contributed by atoms with Gasteiger partial charge in [0.05, 0.1) is 24.3 Å². The van der Waals surface area contributed by atoms with Gasteiger partial charge in [-0.05, 0) is 50.9 Å². The van der Waals surface area contributed by atoms with Gasteiger partial charge in [-0.3, -0.25) is 4.99 Å². The second-order valence-corrected chi connectivity index (χ2v) is 7.39. The highest BCUT2D eigenvalue weighted by Crippen LogP contribution is 2.34. The van der Waals surface area contributed by atoms with Crippen molar-refractivity contribution >= 4 is 5.96 Å². The molecule has 5 nitrogen and oxygen atoms in total. The molecule has 0 radical (unpaired) electrons. The number of aryl methyl sites for hydroxylation is 1. The molecule has 0 aliphatic carbocycles. The van der Waals surface area contributed by atoms with Gasteiger partial charge in [0.25, 0.3) is 0 Å². The normalized spacial score (nSPS) is 26.9. The van der Waals surface area contributed by atoms with Crippen LogP contribution in [-0.4, -0.2) is 56.8 Å². The second-order valence-electron chi connectivity index (χ2n) is 7.39. The van der Waals surface area contributed by atoms with Crippen LogP contribution in [0.25, 0.3) is 0 Å². The third kappa shape index (κ3) is 4.33. The van der Waals surface area contributed by atoms with Crippen LogP contribution in [0.5, 0.6) is 0 Å². The maximum absolute atomic E-state index is 5.93. The van der Waals surface area contributed by atoms with Crippen LogP contribution in [0.2, 0.25) is 0 Å². The number of fused-ring (bicyclic) bond motifs is 2. The summed E-state index contributed by atoms with van der Waals surface area (Å²) in [4.78, 5) is 6.66. The summed E-state index contributed by atoms with van der Waals surface area (Å²) in [5.74, 6) is 0.873. The predicted octanol–water partition coefficient (Wildman–Crippen LogP) is 2.34. The topological polar surface area (TPSA) is 48.9 Å². The lowest BCUT2D eigenvalue weighted by Gasteiger charge is -2.28. The molecular weight excluding hydrogens is 312 g/mol. The quantitative estimate of drug-likeness (QED) is 0.614. The highest BCUT2D eigenvalue weighted by Gasteiger charge is 2.41. The molecule has 2 aliphatic heterocycles. The monoisotopic (exact) mass is 344 g/mol. The Hall–Kier alpha value is -1.59. The van der Waals surface area contributed by atoms with Crippen molar-refractivity contribution in [2.24, 2.45) is 4.99 Å². The molecule has 2 saturated heterocycles. The first-order chi connectivity index (χ1) is 12.1. The molecule has 1 aromatic rings. The third-order valence-electron chi connectivity index (χ3n) is 5.51. The number of aliphatic imine (C=N–C) groups is 1. The van der Waals surface area contributed by atoms with Crippen LogP contribution in [0, 0.1) is 0 Å². The van der Waals surface area contributed by atoms with Crippen LogP contribution in [0.15, 0.2) is 29.3 Å². The largest absolute Gasteiger partial charge is 0.373 e. The summed E-state index contributed by atoms with van der Waals surface area (Å²) >= 11 is 0. The van der Waals surface area contributed by atoms with Gasteiger partial charge in [0, 0.05) is 13.6 Å². The average Bonchev–Trinajstić information content (AvgIpc) is 3.24. The van der Waals surface area contributed by atoms with Crippen LogP contribution < -0.4 is 10.6 Å². The standard InChI is InChI=1S/C20H32N4O/c1-5-14-6-8-15(9-7-14)18(24(3)4)13-22-20(21-2)23-17-12-16-10-11-19(17)25-16/h6-9,16-19H,5,10-13H2,1-4H3,(H2,21,22,23). The average molecular weight is 345 g/mol. The fourth-order valence-corrected chi connectivity index (χ4v) is 3.93. The molecular formula is C20H32N4O. The lowest BCUT2D eigenvalue weighted by atomic mass is 9.96. The SMILES string of the molecule is CCc1ccc(C(CNC(=NC)NC2CC3CCC2O3)N(C)C)cc1. The number of nitrogens with one attached hydrogen (secondary N) is 2. The van der Waals surface area contributed by atoms with Crippen molar-refractivity contribution < 1.29 is 4.74 Å². The summed E-state index contributed by atoms with van der Waals surface area (Å²) < 4.78 is 5.93. The van der Waals surface area contributed by atoms with E-state index in [0.29, 0.717) is 24.3 Å². The molecule has 138 valence electrons. The van der Waals surface area contributed by atoms with Gasteiger partial charge in [-0.25, -0.2) is 0 Å². The summed E-state index contributed by atoms with van der Waals surface area (Å²) in [6.45, 7) is 3.01. The predicted molar refractivity (Wildman–Crippen MR) is 103 cm³/mol. The summed E-state index contributed by atoms with van der Waals surface area (Å²) in [5, 5.41) is 7.06. The van der Waals surface area contributed by atoms with E-state index in [1.165, 1.54) is 24.0 Å². The molecule has 25 heavy (non-hydrogen) atoms. The minimum Gasteiger partial charge on any atom is -0.373 e. The highest BCUT2D eigenvalue weighted by molar-refractivity contribution is 5.80. The summed E-state index contributed by atoms with van der Waals surface area (Å²) in [7, 11) is 6.09. The fraction of sp³-hybridized carbons (Fsp3) is 0.650. The van der Waals surface area contributed by atoms with E-state index in [0.717, 1.165) is 25.3 Å². The van der Waals surface area contributed by atoms with E-state index in [-0.39, 0.29) is 0 Å². The number of guanidine groups is 1. The van der Waals surface area contributed by atoms with Gasteiger partial charge in [-0.15, -0.1) is 0 Å². The zero-order valence-electron chi connectivity index (χ0n) is 16.0. The zero-order valence-corrected chi connectivity index (χ0v) is 16.0. The van der Waals surface area contributed by atoms with Crippen molar-refractivity contribution in [3.63, 3.8) is 0 Å². The first kappa shape index (κ1) is 18.2. The maximum atomic E-state index is 5.93. The molecule has 2 bridgehead atoms.